The first kappa shape index (κ1) is 37.7. The van der Waals surface area contributed by atoms with Crippen LogP contribution in [0.1, 0.15) is 40.2 Å². The number of hydrogen-bond acceptors (Lipinski definition) is 16. The molecule has 8 heterocycles. The summed E-state index contributed by atoms with van der Waals surface area (Å²) in [5.74, 6) is -1.87. The fourth-order valence-electron chi connectivity index (χ4n) is 8.20. The summed E-state index contributed by atoms with van der Waals surface area (Å²) in [6.07, 6.45) is 1.06. The van der Waals surface area contributed by atoms with E-state index >= 15 is 0 Å². The van der Waals surface area contributed by atoms with E-state index < -0.39 is 68.5 Å². The van der Waals surface area contributed by atoms with Crippen molar-refractivity contribution in [3.8, 4) is 22.5 Å². The monoisotopic (exact) mass is 812 g/mol. The Balaban J connectivity index is 0.858. The van der Waals surface area contributed by atoms with Crippen molar-refractivity contribution in [1.29, 1.82) is 0 Å². The predicted octanol–water partition coefficient (Wildman–Crippen LogP) is 5.62. The summed E-state index contributed by atoms with van der Waals surface area (Å²) in [4.78, 5) is 27.4. The number of ether oxygens (including phenoxy) is 6. The van der Waals surface area contributed by atoms with Crippen LogP contribution in [0.15, 0.2) is 86.0 Å². The first-order valence-electron chi connectivity index (χ1n) is 18.9. The Morgan fingerprint density at radius 2 is 1.02 bits per heavy atom. The number of aromatic nitrogens is 8. The molecule has 0 aliphatic carbocycles. The third-order valence-electron chi connectivity index (χ3n) is 10.6. The summed E-state index contributed by atoms with van der Waals surface area (Å²) in [7, 11) is -2.94. The molecule has 8 atom stereocenters. The molecule has 302 valence electrons. The Bertz CT molecular complexity index is 2340. The fourth-order valence-corrected chi connectivity index (χ4v) is 9.14. The number of benzene rings is 2. The maximum atomic E-state index is 14.1. The lowest BCUT2D eigenvalue weighted by molar-refractivity contribution is -0.200. The quantitative estimate of drug-likeness (QED) is 0.147. The summed E-state index contributed by atoms with van der Waals surface area (Å²) in [5, 5.41) is 0. The van der Waals surface area contributed by atoms with E-state index in [4.69, 9.17) is 42.0 Å². The van der Waals surface area contributed by atoms with Crippen LogP contribution >= 0.6 is 7.82 Å². The van der Waals surface area contributed by atoms with Crippen molar-refractivity contribution in [2.24, 2.45) is 0 Å². The molecule has 0 bridgehead atoms. The highest BCUT2D eigenvalue weighted by Gasteiger charge is 2.58. The molecule has 6 aromatic rings. The first-order valence-corrected chi connectivity index (χ1v) is 20.4. The topological polar surface area (TPSA) is 187 Å². The molecule has 0 spiro atoms. The zero-order valence-electron chi connectivity index (χ0n) is 32.2. The molecule has 0 amide bonds. The van der Waals surface area contributed by atoms with Gasteiger partial charge in [-0.3, -0.25) is 22.7 Å². The van der Waals surface area contributed by atoms with Gasteiger partial charge in [0.25, 0.3) is 0 Å². The Morgan fingerprint density at radius 3 is 1.43 bits per heavy atom. The number of imidazole rings is 2. The third kappa shape index (κ3) is 6.63. The van der Waals surface area contributed by atoms with E-state index in [1.165, 1.54) is 19.8 Å². The van der Waals surface area contributed by atoms with E-state index in [0.29, 0.717) is 33.7 Å². The molecule has 4 saturated heterocycles. The number of hydrogen-bond donors (Lipinski definition) is 0. The highest BCUT2D eigenvalue weighted by atomic mass is 31.2. The van der Waals surface area contributed by atoms with Crippen LogP contribution in [-0.4, -0.2) is 108 Å². The van der Waals surface area contributed by atoms with E-state index in [2.05, 4.69) is 29.9 Å². The molecule has 0 unspecified atom stereocenters. The maximum absolute atomic E-state index is 14.1. The molecule has 4 aliphatic heterocycles. The minimum Gasteiger partial charge on any atom is -0.347 e. The summed E-state index contributed by atoms with van der Waals surface area (Å²) < 4.78 is 73.2. The average molecular weight is 813 g/mol. The molecule has 4 fully saturated rings. The van der Waals surface area contributed by atoms with Crippen molar-refractivity contribution in [2.45, 2.75) is 88.3 Å². The fraction of sp³-hybridized carbons (Fsp3) is 0.436. The van der Waals surface area contributed by atoms with Gasteiger partial charge in [0.05, 0.1) is 25.9 Å². The number of nitrogens with zero attached hydrogens (tertiary/aromatic N) is 8. The summed E-state index contributed by atoms with van der Waals surface area (Å²) >= 11 is 0. The van der Waals surface area contributed by atoms with Crippen molar-refractivity contribution < 1.29 is 46.6 Å². The molecule has 4 aromatic heterocycles. The van der Waals surface area contributed by atoms with Crippen molar-refractivity contribution in [3.63, 3.8) is 0 Å². The van der Waals surface area contributed by atoms with E-state index in [0.717, 1.165) is 11.1 Å². The molecule has 0 saturated carbocycles. The van der Waals surface area contributed by atoms with Crippen LogP contribution in [0.5, 0.6) is 0 Å². The molecule has 10 rings (SSSR count). The van der Waals surface area contributed by atoms with Crippen LogP contribution in [0, 0.1) is 0 Å². The van der Waals surface area contributed by atoms with E-state index in [1.54, 1.807) is 21.8 Å². The predicted molar refractivity (Wildman–Crippen MR) is 204 cm³/mol. The Kier molecular flexibility index (Phi) is 9.29. The van der Waals surface area contributed by atoms with Crippen LogP contribution in [-0.2, 0) is 46.6 Å². The van der Waals surface area contributed by atoms with E-state index in [1.807, 2.05) is 88.4 Å². The molecular weight excluding hydrogens is 771 g/mol. The SMILES string of the molecule is COP(=O)(OC[C@H]1O[C@@H](n2cnc3c(-c4ccccc4)ncnc32)[C@@H]2OC(C)(C)O[C@@H]21)OC[C@H]1O[C@@H](n2cnc3c(-c4ccccc4)ncnc32)[C@@H]2OC(C)(C)O[C@@H]21. The largest absolute Gasteiger partial charge is 0.474 e. The molecule has 0 N–H and O–H groups in total. The molecule has 2 aromatic carbocycles. The molecule has 0 radical (unpaired) electrons. The number of fused-ring (bicyclic) bond motifs is 4. The summed E-state index contributed by atoms with van der Waals surface area (Å²) in [6.45, 7) is 6.87. The average Bonchev–Trinajstić information content (AvgIpc) is 4.08. The van der Waals surface area contributed by atoms with E-state index in [9.17, 15) is 4.57 Å². The van der Waals surface area contributed by atoms with Gasteiger partial charge in [-0.1, -0.05) is 60.7 Å². The standard InChI is InChI=1S/C39H41N8O10P/c1-38(2)54-30-24(52-36(32(30)56-38)46-20-44-28-26(40-18-42-34(28)46)22-12-8-6-9-13-22)16-50-58(48,49-5)51-17-25-31-33(57-39(3,4)55-31)37(53-25)47-21-45-29-27(41-19-43-35(29)47)23-14-10-7-11-15-23/h6-15,18-21,24-25,30-33,36-37H,16-17H2,1-5H3/t24-,25-,30-,31-,32-,33-,36-,37-/m1/s1. The first-order chi connectivity index (χ1) is 28.0. The minimum atomic E-state index is -4.19. The van der Waals surface area contributed by atoms with Crippen LogP contribution in [0.3, 0.4) is 0 Å². The Morgan fingerprint density at radius 1 is 0.603 bits per heavy atom. The summed E-state index contributed by atoms with van der Waals surface area (Å²) in [5.41, 5.74) is 5.50. The van der Waals surface area contributed by atoms with Crippen molar-refractivity contribution in [3.05, 3.63) is 86.0 Å². The van der Waals surface area contributed by atoms with Gasteiger partial charge in [0.2, 0.25) is 0 Å². The normalized spacial score (nSPS) is 28.7. The number of phosphoric ester groups is 1. The maximum Gasteiger partial charge on any atom is 0.474 e. The van der Waals surface area contributed by atoms with Gasteiger partial charge in [-0.2, -0.15) is 0 Å². The van der Waals surface area contributed by atoms with Crippen molar-refractivity contribution in [2.75, 3.05) is 20.3 Å². The van der Waals surface area contributed by atoms with Gasteiger partial charge in [-0.25, -0.2) is 34.5 Å². The van der Waals surface area contributed by atoms with Crippen molar-refractivity contribution in [1.82, 2.24) is 39.0 Å². The molecule has 19 heteroatoms. The molecular formula is C39H41N8O10P. The Labute approximate surface area is 332 Å². The van der Waals surface area contributed by atoms with Crippen molar-refractivity contribution >= 4 is 30.2 Å². The number of phosphoric acid groups is 1. The summed E-state index contributed by atoms with van der Waals surface area (Å²) in [6, 6.07) is 19.5. The van der Waals surface area contributed by atoms with Gasteiger partial charge < -0.3 is 28.4 Å². The highest BCUT2D eigenvalue weighted by Crippen LogP contribution is 2.52. The van der Waals surface area contributed by atoms with Gasteiger partial charge in [0.15, 0.2) is 35.3 Å². The van der Waals surface area contributed by atoms with Crippen LogP contribution in [0.2, 0.25) is 0 Å². The highest BCUT2D eigenvalue weighted by molar-refractivity contribution is 7.48. The second-order valence-electron chi connectivity index (χ2n) is 15.3. The lowest BCUT2D eigenvalue weighted by atomic mass is 10.1. The van der Waals surface area contributed by atoms with E-state index in [-0.39, 0.29) is 13.2 Å². The zero-order valence-corrected chi connectivity index (χ0v) is 33.1. The third-order valence-corrected chi connectivity index (χ3v) is 12.0. The van der Waals surface area contributed by atoms with Gasteiger partial charge in [0, 0.05) is 18.2 Å². The minimum absolute atomic E-state index is 0.212. The van der Waals surface area contributed by atoms with Gasteiger partial charge in [0.1, 0.15) is 71.7 Å². The second kappa shape index (κ2) is 14.3. The van der Waals surface area contributed by atoms with Gasteiger partial charge >= 0.3 is 7.82 Å². The lowest BCUT2D eigenvalue weighted by Crippen LogP contribution is -2.34. The van der Waals surface area contributed by atoms with Gasteiger partial charge in [-0.15, -0.1) is 0 Å². The molecule has 18 nitrogen and oxygen atoms in total. The zero-order chi connectivity index (χ0) is 39.8. The molecule has 58 heavy (non-hydrogen) atoms. The molecule has 4 aliphatic rings. The van der Waals surface area contributed by atoms with Gasteiger partial charge in [-0.05, 0) is 27.7 Å². The van der Waals surface area contributed by atoms with Crippen LogP contribution < -0.4 is 0 Å². The second-order valence-corrected chi connectivity index (χ2v) is 17.1. The number of rotatable bonds is 11. The van der Waals surface area contributed by atoms with Crippen LogP contribution in [0.25, 0.3) is 44.8 Å². The smallest absolute Gasteiger partial charge is 0.347 e. The van der Waals surface area contributed by atoms with Crippen LogP contribution in [0.4, 0.5) is 0 Å². The Hall–Kier alpha value is -4.59. The lowest BCUT2D eigenvalue weighted by Gasteiger charge is -2.26.